The van der Waals surface area contributed by atoms with E-state index in [1.807, 2.05) is 11.7 Å². The Bertz CT molecular complexity index is 461. The van der Waals surface area contributed by atoms with E-state index in [1.54, 1.807) is 0 Å². The molecule has 1 aliphatic heterocycles. The lowest BCUT2D eigenvalue weighted by Crippen LogP contribution is -2.41. The van der Waals surface area contributed by atoms with Crippen LogP contribution in [0.25, 0.3) is 0 Å². The normalized spacial score (nSPS) is 23.7. The summed E-state index contributed by atoms with van der Waals surface area (Å²) < 4.78 is 7.82. The molecule has 0 aromatic carbocycles. The average Bonchev–Trinajstić information content (AvgIpc) is 3.05. The predicted octanol–water partition coefficient (Wildman–Crippen LogP) is 2.97. The van der Waals surface area contributed by atoms with Gasteiger partial charge in [-0.1, -0.05) is 32.4 Å². The third-order valence-electron chi connectivity index (χ3n) is 4.56. The zero-order chi connectivity index (χ0) is 15.4. The van der Waals surface area contributed by atoms with Crippen molar-refractivity contribution in [3.63, 3.8) is 0 Å². The van der Waals surface area contributed by atoms with E-state index in [9.17, 15) is 0 Å². The second kappa shape index (κ2) is 7.61. The molecule has 1 aromatic rings. The number of aromatic nitrogens is 2. The Hall–Kier alpha value is -0.580. The molecule has 2 heterocycles. The molecule has 0 bridgehead atoms. The monoisotopic (exact) mass is 313 g/mol. The topological polar surface area (TPSA) is 39.1 Å². The zero-order valence-corrected chi connectivity index (χ0v) is 14.4. The third kappa shape index (κ3) is 3.61. The second-order valence-electron chi connectivity index (χ2n) is 5.82. The average molecular weight is 314 g/mol. The largest absolute Gasteiger partial charge is 0.378 e. The van der Waals surface area contributed by atoms with Crippen LogP contribution in [0.1, 0.15) is 45.0 Å². The van der Waals surface area contributed by atoms with Gasteiger partial charge in [0.05, 0.1) is 22.5 Å². The zero-order valence-electron chi connectivity index (χ0n) is 13.7. The van der Waals surface area contributed by atoms with Crippen LogP contribution in [0.3, 0.4) is 0 Å². The minimum absolute atomic E-state index is 0.367. The summed E-state index contributed by atoms with van der Waals surface area (Å²) in [6, 6.07) is 0.403. The molecule has 0 saturated carbocycles. The van der Waals surface area contributed by atoms with E-state index in [0.29, 0.717) is 18.1 Å². The van der Waals surface area contributed by atoms with Crippen LogP contribution < -0.4 is 5.32 Å². The van der Waals surface area contributed by atoms with E-state index >= 15 is 0 Å². The molecule has 0 aliphatic carbocycles. The molecular weight excluding hydrogens is 286 g/mol. The molecule has 3 atom stereocenters. The Kier molecular flexibility index (Phi) is 6.08. The number of likely N-dealkylation sites (N-methyl/N-ethyl adjacent to an activating group) is 1. The number of nitrogens with zero attached hydrogens (tertiary/aromatic N) is 2. The number of ether oxygens (including phenoxy) is 1. The fourth-order valence-corrected chi connectivity index (χ4v) is 3.80. The summed E-state index contributed by atoms with van der Waals surface area (Å²) in [4.78, 5) is 0. The number of rotatable bonds is 7. The Balaban J connectivity index is 2.18. The van der Waals surface area contributed by atoms with Gasteiger partial charge in [0.1, 0.15) is 0 Å². The van der Waals surface area contributed by atoms with Gasteiger partial charge in [-0.15, -0.1) is 0 Å². The molecule has 120 valence electrons. The van der Waals surface area contributed by atoms with Crippen molar-refractivity contribution in [2.75, 3.05) is 13.2 Å². The lowest BCUT2D eigenvalue weighted by atomic mass is 9.88. The predicted molar refractivity (Wildman–Crippen MR) is 86.9 cm³/mol. The van der Waals surface area contributed by atoms with Gasteiger partial charge in [-0.25, -0.2) is 0 Å². The summed E-state index contributed by atoms with van der Waals surface area (Å²) in [5, 5.41) is 9.02. The standard InChI is InChI=1S/C16H28ClN3O/c1-5-12-16(17)14(20(4)19-12)10-13(18-7-3)11-8-9-21-15(11)6-2/h11,13,15,18H,5-10H2,1-4H3. The van der Waals surface area contributed by atoms with Crippen LogP contribution in [0, 0.1) is 5.92 Å². The first-order valence-electron chi connectivity index (χ1n) is 8.17. The van der Waals surface area contributed by atoms with Gasteiger partial charge in [0.15, 0.2) is 0 Å². The summed E-state index contributed by atoms with van der Waals surface area (Å²) in [5.74, 6) is 0.561. The molecule has 2 rings (SSSR count). The molecule has 0 spiro atoms. The number of hydrogen-bond acceptors (Lipinski definition) is 3. The fraction of sp³-hybridized carbons (Fsp3) is 0.812. The number of nitrogens with one attached hydrogen (secondary N) is 1. The maximum absolute atomic E-state index is 6.51. The molecular formula is C16H28ClN3O. The lowest BCUT2D eigenvalue weighted by Gasteiger charge is -2.28. The second-order valence-corrected chi connectivity index (χ2v) is 6.20. The molecule has 3 unspecified atom stereocenters. The molecule has 21 heavy (non-hydrogen) atoms. The molecule has 0 radical (unpaired) electrons. The molecule has 4 nitrogen and oxygen atoms in total. The van der Waals surface area contributed by atoms with Gasteiger partial charge in [-0.05, 0) is 25.8 Å². The Morgan fingerprint density at radius 1 is 1.43 bits per heavy atom. The van der Waals surface area contributed by atoms with E-state index in [-0.39, 0.29) is 0 Å². The van der Waals surface area contributed by atoms with E-state index < -0.39 is 0 Å². The SMILES string of the molecule is CCNC(Cc1c(Cl)c(CC)nn1C)C1CCOC1CC. The number of halogens is 1. The molecule has 1 aromatic heterocycles. The lowest BCUT2D eigenvalue weighted by molar-refractivity contribution is 0.0774. The van der Waals surface area contributed by atoms with Gasteiger partial charge in [-0.2, -0.15) is 5.10 Å². The highest BCUT2D eigenvalue weighted by Crippen LogP contribution is 2.30. The molecule has 1 fully saturated rings. The minimum atomic E-state index is 0.367. The minimum Gasteiger partial charge on any atom is -0.378 e. The Morgan fingerprint density at radius 2 is 2.19 bits per heavy atom. The molecule has 1 saturated heterocycles. The van der Waals surface area contributed by atoms with Crippen molar-refractivity contribution in [2.24, 2.45) is 13.0 Å². The summed E-state index contributed by atoms with van der Waals surface area (Å²) in [7, 11) is 1.99. The quantitative estimate of drug-likeness (QED) is 0.841. The fourth-order valence-electron chi connectivity index (χ4n) is 3.43. The number of aryl methyl sites for hydroxylation is 2. The van der Waals surface area contributed by atoms with E-state index in [0.717, 1.165) is 55.2 Å². The van der Waals surface area contributed by atoms with Crippen molar-refractivity contribution < 1.29 is 4.74 Å². The summed E-state index contributed by atoms with van der Waals surface area (Å²) in [5.41, 5.74) is 2.14. The van der Waals surface area contributed by atoms with E-state index in [4.69, 9.17) is 16.3 Å². The molecule has 1 N–H and O–H groups in total. The summed E-state index contributed by atoms with van der Waals surface area (Å²) in [6.07, 6.45) is 4.37. The van der Waals surface area contributed by atoms with Crippen molar-refractivity contribution in [2.45, 2.75) is 58.6 Å². The van der Waals surface area contributed by atoms with Crippen molar-refractivity contribution in [1.82, 2.24) is 15.1 Å². The maximum Gasteiger partial charge on any atom is 0.0850 e. The van der Waals surface area contributed by atoms with Gasteiger partial charge in [0.2, 0.25) is 0 Å². The van der Waals surface area contributed by atoms with Gasteiger partial charge < -0.3 is 10.1 Å². The van der Waals surface area contributed by atoms with Crippen LogP contribution in [0.4, 0.5) is 0 Å². The summed E-state index contributed by atoms with van der Waals surface area (Å²) >= 11 is 6.51. The van der Waals surface area contributed by atoms with Crippen molar-refractivity contribution in [3.8, 4) is 0 Å². The van der Waals surface area contributed by atoms with E-state index in [2.05, 4.69) is 31.2 Å². The van der Waals surface area contributed by atoms with Crippen LogP contribution in [0.2, 0.25) is 5.02 Å². The Morgan fingerprint density at radius 3 is 2.76 bits per heavy atom. The van der Waals surface area contributed by atoms with Gasteiger partial charge in [0, 0.05) is 32.0 Å². The van der Waals surface area contributed by atoms with Crippen LogP contribution in [0.15, 0.2) is 0 Å². The molecule has 0 amide bonds. The van der Waals surface area contributed by atoms with Gasteiger partial charge >= 0.3 is 0 Å². The smallest absolute Gasteiger partial charge is 0.0850 e. The van der Waals surface area contributed by atoms with Crippen molar-refractivity contribution >= 4 is 11.6 Å². The maximum atomic E-state index is 6.51. The first-order chi connectivity index (χ1) is 10.1. The Labute approximate surface area is 133 Å². The van der Waals surface area contributed by atoms with Gasteiger partial charge in [0.25, 0.3) is 0 Å². The molecule has 1 aliphatic rings. The first kappa shape index (κ1) is 16.8. The van der Waals surface area contributed by atoms with Crippen molar-refractivity contribution in [1.29, 1.82) is 0 Å². The van der Waals surface area contributed by atoms with Crippen LogP contribution in [-0.4, -0.2) is 35.1 Å². The number of hydrogen-bond donors (Lipinski definition) is 1. The van der Waals surface area contributed by atoms with Crippen LogP contribution in [0.5, 0.6) is 0 Å². The third-order valence-corrected chi connectivity index (χ3v) is 5.00. The molecule has 5 heteroatoms. The highest BCUT2D eigenvalue weighted by Gasteiger charge is 2.34. The van der Waals surface area contributed by atoms with Crippen LogP contribution >= 0.6 is 11.6 Å². The highest BCUT2D eigenvalue weighted by atomic mass is 35.5. The van der Waals surface area contributed by atoms with Crippen LogP contribution in [-0.2, 0) is 24.6 Å². The summed E-state index contributed by atoms with van der Waals surface area (Å²) in [6.45, 7) is 8.31. The van der Waals surface area contributed by atoms with E-state index in [1.165, 1.54) is 0 Å². The first-order valence-corrected chi connectivity index (χ1v) is 8.55. The van der Waals surface area contributed by atoms with Gasteiger partial charge in [-0.3, -0.25) is 4.68 Å². The highest BCUT2D eigenvalue weighted by molar-refractivity contribution is 6.31. The van der Waals surface area contributed by atoms with Crippen molar-refractivity contribution in [3.05, 3.63) is 16.4 Å².